The summed E-state index contributed by atoms with van der Waals surface area (Å²) in [7, 11) is 0. The van der Waals surface area contributed by atoms with Crippen LogP contribution in [0.3, 0.4) is 0 Å². The predicted molar refractivity (Wildman–Crippen MR) is 163 cm³/mol. The Morgan fingerprint density at radius 1 is 0.605 bits per heavy atom. The fourth-order valence-corrected chi connectivity index (χ4v) is 5.61. The summed E-state index contributed by atoms with van der Waals surface area (Å²) < 4.78 is 0. The first-order chi connectivity index (χ1) is 20.0. The topological polar surface area (TPSA) is 131 Å². The molecule has 8 bridgehead atoms. The molecule has 1 aliphatic heterocycles. The standard InChI is InChI=1S/C34H32N4O4.Fe/c1-7-21-17(3)25-13-26-19(5)23(9-11-33(39)40)31(37-26)16-32-24(10-12-34(41)42)20(6)28(38-32)15-30-22(8-2)18(4)27(36-30)14-29(21)35-25;/h7-8,13-16H,1-2,9-12H2,3-6H3,(H,39,40)(H,41,42);/q-4;+2/b25-13-,26-13?,27-14?,28-15-,29-14-,30-15?,31-16?,32-16-;. The van der Waals surface area contributed by atoms with Gasteiger partial charge in [0.05, 0.1) is 0 Å². The maximum absolute atomic E-state index is 11.5. The van der Waals surface area contributed by atoms with Crippen LogP contribution in [0.4, 0.5) is 0 Å². The number of carbonyl (C=O) groups is 2. The minimum atomic E-state index is -0.898. The smallest absolute Gasteiger partial charge is 0.657 e. The molecule has 0 aliphatic carbocycles. The molecule has 0 saturated carbocycles. The van der Waals surface area contributed by atoms with E-state index in [0.717, 1.165) is 60.9 Å². The largest absolute Gasteiger partial charge is 2.00 e. The van der Waals surface area contributed by atoms with E-state index >= 15 is 0 Å². The first-order valence-electron chi connectivity index (χ1n) is 13.8. The van der Waals surface area contributed by atoms with Crippen molar-refractivity contribution < 1.29 is 36.9 Å². The van der Waals surface area contributed by atoms with Crippen molar-refractivity contribution in [3.8, 4) is 0 Å². The molecule has 9 heteroatoms. The van der Waals surface area contributed by atoms with Crippen LogP contribution in [0.1, 0.15) is 80.1 Å². The van der Waals surface area contributed by atoms with E-state index in [2.05, 4.69) is 13.2 Å². The molecule has 4 aromatic rings. The van der Waals surface area contributed by atoms with Crippen LogP contribution in [-0.4, -0.2) is 22.2 Å². The van der Waals surface area contributed by atoms with Crippen LogP contribution in [0.2, 0.25) is 0 Å². The second kappa shape index (κ2) is 12.4. The number of aromatic nitrogens is 4. The summed E-state index contributed by atoms with van der Waals surface area (Å²) in [4.78, 5) is 42.7. The summed E-state index contributed by atoms with van der Waals surface area (Å²) in [6.45, 7) is 15.9. The molecule has 0 radical (unpaired) electrons. The van der Waals surface area contributed by atoms with Crippen LogP contribution >= 0.6 is 0 Å². The third kappa shape index (κ3) is 5.91. The Kier molecular flexibility index (Phi) is 9.09. The zero-order valence-electron chi connectivity index (χ0n) is 24.6. The molecule has 0 aromatic carbocycles. The van der Waals surface area contributed by atoms with Gasteiger partial charge in [0.25, 0.3) is 0 Å². The van der Waals surface area contributed by atoms with Gasteiger partial charge in [-0.1, -0.05) is 83.0 Å². The number of hydrogen-bond donors (Lipinski definition) is 2. The summed E-state index contributed by atoms with van der Waals surface area (Å²) in [5.74, 6) is -1.80. The van der Waals surface area contributed by atoms with Gasteiger partial charge in [0.2, 0.25) is 0 Å². The molecule has 4 aromatic heterocycles. The maximum Gasteiger partial charge on any atom is 2.00 e. The maximum atomic E-state index is 11.5. The average molecular weight is 616 g/mol. The monoisotopic (exact) mass is 616 g/mol. The van der Waals surface area contributed by atoms with Crippen molar-refractivity contribution in [2.75, 3.05) is 0 Å². The molecule has 1 aliphatic rings. The molecule has 0 amide bonds. The summed E-state index contributed by atoms with van der Waals surface area (Å²) in [5.41, 5.74) is 9.84. The van der Waals surface area contributed by atoms with Gasteiger partial charge in [0, 0.05) is 12.8 Å². The number of fused-ring (bicyclic) bond motifs is 8. The van der Waals surface area contributed by atoms with E-state index < -0.39 is 11.9 Å². The van der Waals surface area contributed by atoms with Crippen molar-refractivity contribution in [2.45, 2.75) is 53.4 Å². The van der Waals surface area contributed by atoms with Crippen molar-refractivity contribution in [3.63, 3.8) is 0 Å². The van der Waals surface area contributed by atoms with Gasteiger partial charge in [-0.25, -0.2) is 0 Å². The Morgan fingerprint density at radius 3 is 1.72 bits per heavy atom. The number of carboxylic acid groups (broad SMARTS) is 2. The van der Waals surface area contributed by atoms with Crippen LogP contribution in [-0.2, 0) is 39.5 Å². The minimum absolute atomic E-state index is 0. The van der Waals surface area contributed by atoms with E-state index in [0.29, 0.717) is 40.6 Å². The van der Waals surface area contributed by atoms with Crippen molar-refractivity contribution in [2.24, 2.45) is 0 Å². The first-order valence-corrected chi connectivity index (χ1v) is 13.8. The second-order valence-corrected chi connectivity index (χ2v) is 10.6. The van der Waals surface area contributed by atoms with Gasteiger partial charge >= 0.3 is 29.0 Å². The minimum Gasteiger partial charge on any atom is -0.657 e. The Hall–Kier alpha value is -4.46. The molecule has 0 spiro atoms. The molecule has 5 rings (SSSR count). The SMILES string of the molecule is C=Cc1c2[n-]c(c1C)/C=c1\[n-]/c(c(C)c1C=C)=C\c1[n-]c(c(CCC(=O)O)c1C)/C=c1\[n-]/c(c(C)c1CCC(=O)O)=C\2.[Fe+2]. The van der Waals surface area contributed by atoms with Crippen LogP contribution in [0, 0.1) is 27.7 Å². The van der Waals surface area contributed by atoms with Crippen LogP contribution in [0.15, 0.2) is 13.2 Å². The molecular formula is C34H32FeN4O4-2. The van der Waals surface area contributed by atoms with E-state index in [4.69, 9.17) is 19.9 Å². The van der Waals surface area contributed by atoms with E-state index in [-0.39, 0.29) is 29.9 Å². The third-order valence-electron chi connectivity index (χ3n) is 8.06. The van der Waals surface area contributed by atoms with E-state index in [9.17, 15) is 19.8 Å². The molecule has 43 heavy (non-hydrogen) atoms. The normalized spacial score (nSPS) is 15.0. The van der Waals surface area contributed by atoms with Gasteiger partial charge < -0.3 is 30.1 Å². The summed E-state index contributed by atoms with van der Waals surface area (Å²) >= 11 is 0. The van der Waals surface area contributed by atoms with Gasteiger partial charge in [0.15, 0.2) is 0 Å². The number of aliphatic carboxylic acids is 2. The Balaban J connectivity index is 0.00000423. The zero-order chi connectivity index (χ0) is 30.3. The third-order valence-corrected chi connectivity index (χ3v) is 8.06. The summed E-state index contributed by atoms with van der Waals surface area (Å²) in [6.07, 6.45) is 11.7. The van der Waals surface area contributed by atoms with Crippen LogP contribution < -0.4 is 41.3 Å². The van der Waals surface area contributed by atoms with Gasteiger partial charge in [0.1, 0.15) is 0 Å². The molecule has 8 nitrogen and oxygen atoms in total. The molecule has 5 heterocycles. The molecule has 0 unspecified atom stereocenters. The van der Waals surface area contributed by atoms with Crippen molar-refractivity contribution in [3.05, 3.63) is 102 Å². The number of rotatable bonds is 8. The van der Waals surface area contributed by atoms with Gasteiger partial charge in [-0.15, -0.1) is 44.2 Å². The summed E-state index contributed by atoms with van der Waals surface area (Å²) in [5, 5.41) is 21.7. The Bertz CT molecular complexity index is 2030. The van der Waals surface area contributed by atoms with Crippen LogP contribution in [0.5, 0.6) is 0 Å². The first kappa shape index (κ1) is 31.5. The molecule has 2 N–H and O–H groups in total. The Labute approximate surface area is 259 Å². The fraction of sp³-hybridized carbons (Fsp3) is 0.235. The quantitative estimate of drug-likeness (QED) is 0.252. The number of hydrogen-bond acceptors (Lipinski definition) is 2. The Morgan fingerprint density at radius 2 is 1.09 bits per heavy atom. The average Bonchev–Trinajstić information content (AvgIpc) is 3.59. The fourth-order valence-electron chi connectivity index (χ4n) is 5.61. The molecule has 0 saturated heterocycles. The predicted octanol–water partition coefficient (Wildman–Crippen LogP) is 1.70. The number of nitrogens with zero attached hydrogens (tertiary/aromatic N) is 4. The van der Waals surface area contributed by atoms with E-state index in [1.54, 1.807) is 12.2 Å². The second-order valence-electron chi connectivity index (χ2n) is 10.6. The molecule has 0 atom stereocenters. The van der Waals surface area contributed by atoms with Crippen molar-refractivity contribution in [1.29, 1.82) is 0 Å². The van der Waals surface area contributed by atoms with Gasteiger partial charge in [-0.2, -0.15) is 0 Å². The molecular weight excluding hydrogens is 584 g/mol. The molecule has 0 fully saturated rings. The van der Waals surface area contributed by atoms with Gasteiger partial charge in [-0.3, -0.25) is 9.59 Å². The van der Waals surface area contributed by atoms with Crippen LogP contribution in [0.25, 0.3) is 36.5 Å². The van der Waals surface area contributed by atoms with Gasteiger partial charge in [-0.05, 0) is 51.7 Å². The van der Waals surface area contributed by atoms with E-state index in [1.807, 2.05) is 52.0 Å². The number of carboxylic acids is 2. The van der Waals surface area contributed by atoms with Crippen molar-refractivity contribution >= 4 is 48.4 Å². The van der Waals surface area contributed by atoms with E-state index in [1.165, 1.54) is 0 Å². The molecule has 222 valence electrons. The summed E-state index contributed by atoms with van der Waals surface area (Å²) in [6, 6.07) is 0. The zero-order valence-corrected chi connectivity index (χ0v) is 25.7. The van der Waals surface area contributed by atoms with Crippen molar-refractivity contribution in [1.82, 2.24) is 19.9 Å².